The van der Waals surface area contributed by atoms with Gasteiger partial charge in [-0.2, -0.15) is 0 Å². The maximum absolute atomic E-state index is 5.46. The largest absolute Gasteiger partial charge is 0.497 e. The first-order valence-electron chi connectivity index (χ1n) is 6.92. The number of methoxy groups -OCH3 is 2. The lowest BCUT2D eigenvalue weighted by Crippen LogP contribution is -2.06. The van der Waals surface area contributed by atoms with E-state index >= 15 is 0 Å². The Balaban J connectivity index is 2.65. The summed E-state index contributed by atoms with van der Waals surface area (Å²) in [4.78, 5) is 9.04. The van der Waals surface area contributed by atoms with Crippen molar-refractivity contribution >= 4 is 5.82 Å². The van der Waals surface area contributed by atoms with E-state index in [-0.39, 0.29) is 0 Å². The van der Waals surface area contributed by atoms with Crippen LogP contribution in [-0.4, -0.2) is 30.7 Å². The van der Waals surface area contributed by atoms with Crippen LogP contribution < -0.4 is 14.8 Å². The van der Waals surface area contributed by atoms with Crippen LogP contribution in [0.1, 0.15) is 18.3 Å². The molecule has 0 radical (unpaired) electrons. The number of aryl methyl sites for hydroxylation is 1. The summed E-state index contributed by atoms with van der Waals surface area (Å²) in [5, 5.41) is 3.27. The molecule has 0 saturated carbocycles. The topological polar surface area (TPSA) is 56.3 Å². The Labute approximate surface area is 125 Å². The van der Waals surface area contributed by atoms with Crippen molar-refractivity contribution < 1.29 is 9.47 Å². The molecule has 1 heterocycles. The third kappa shape index (κ3) is 3.07. The summed E-state index contributed by atoms with van der Waals surface area (Å²) in [6.07, 6.45) is 0. The third-order valence-corrected chi connectivity index (χ3v) is 3.26. The predicted octanol–water partition coefficient (Wildman–Crippen LogP) is 3.21. The Morgan fingerprint density at radius 2 is 1.86 bits per heavy atom. The van der Waals surface area contributed by atoms with Gasteiger partial charge in [-0.15, -0.1) is 0 Å². The Bertz CT molecular complexity index is 642. The number of benzene rings is 1. The van der Waals surface area contributed by atoms with E-state index in [0.717, 1.165) is 46.5 Å². The van der Waals surface area contributed by atoms with Crippen LogP contribution in [-0.2, 0) is 0 Å². The van der Waals surface area contributed by atoms with E-state index in [1.807, 2.05) is 39.0 Å². The van der Waals surface area contributed by atoms with Crippen molar-refractivity contribution in [3.8, 4) is 22.8 Å². The maximum atomic E-state index is 5.46. The van der Waals surface area contributed by atoms with Crippen LogP contribution in [0.4, 0.5) is 5.82 Å². The lowest BCUT2D eigenvalue weighted by Gasteiger charge is -2.15. The van der Waals surface area contributed by atoms with Crippen molar-refractivity contribution in [2.24, 2.45) is 0 Å². The van der Waals surface area contributed by atoms with Crippen LogP contribution >= 0.6 is 0 Å². The van der Waals surface area contributed by atoms with Gasteiger partial charge >= 0.3 is 0 Å². The van der Waals surface area contributed by atoms with E-state index in [0.29, 0.717) is 0 Å². The van der Waals surface area contributed by atoms with Crippen LogP contribution in [0.5, 0.6) is 11.5 Å². The first kappa shape index (κ1) is 15.1. The Morgan fingerprint density at radius 3 is 2.48 bits per heavy atom. The fourth-order valence-electron chi connectivity index (χ4n) is 2.23. The average molecular weight is 287 g/mol. The van der Waals surface area contributed by atoms with Gasteiger partial charge in [-0.3, -0.25) is 0 Å². The Morgan fingerprint density at radius 1 is 1.10 bits per heavy atom. The molecule has 21 heavy (non-hydrogen) atoms. The molecule has 2 rings (SSSR count). The second-order valence-corrected chi connectivity index (χ2v) is 4.69. The molecule has 0 aliphatic rings. The van der Waals surface area contributed by atoms with Crippen molar-refractivity contribution in [1.29, 1.82) is 0 Å². The number of anilines is 1. The van der Waals surface area contributed by atoms with Crippen LogP contribution in [0.15, 0.2) is 18.2 Å². The maximum Gasteiger partial charge on any atom is 0.133 e. The van der Waals surface area contributed by atoms with Gasteiger partial charge in [0, 0.05) is 17.7 Å². The van der Waals surface area contributed by atoms with Crippen LogP contribution in [0.25, 0.3) is 11.3 Å². The van der Waals surface area contributed by atoms with Crippen LogP contribution in [0, 0.1) is 13.8 Å². The predicted molar refractivity (Wildman–Crippen MR) is 84.2 cm³/mol. The molecule has 1 aromatic carbocycles. The summed E-state index contributed by atoms with van der Waals surface area (Å²) >= 11 is 0. The van der Waals surface area contributed by atoms with E-state index in [2.05, 4.69) is 15.3 Å². The molecule has 0 atom stereocenters. The molecular weight excluding hydrogens is 266 g/mol. The summed E-state index contributed by atoms with van der Waals surface area (Å²) in [5.41, 5.74) is 2.75. The summed E-state index contributed by atoms with van der Waals surface area (Å²) < 4.78 is 10.8. The molecule has 0 aliphatic carbocycles. The van der Waals surface area contributed by atoms with Crippen LogP contribution in [0.3, 0.4) is 0 Å². The van der Waals surface area contributed by atoms with Gasteiger partial charge in [0.05, 0.1) is 19.9 Å². The zero-order valence-corrected chi connectivity index (χ0v) is 13.2. The van der Waals surface area contributed by atoms with Gasteiger partial charge < -0.3 is 14.8 Å². The highest BCUT2D eigenvalue weighted by Crippen LogP contribution is 2.35. The number of nitrogens with zero attached hydrogens (tertiary/aromatic N) is 2. The minimum absolute atomic E-state index is 0.719. The summed E-state index contributed by atoms with van der Waals surface area (Å²) in [5.74, 6) is 3.10. The molecule has 0 aliphatic heterocycles. The first-order chi connectivity index (χ1) is 10.1. The lowest BCUT2D eigenvalue weighted by atomic mass is 10.1. The Kier molecular flexibility index (Phi) is 4.62. The lowest BCUT2D eigenvalue weighted by molar-refractivity contribution is 0.404. The van der Waals surface area contributed by atoms with Crippen molar-refractivity contribution in [2.75, 3.05) is 26.1 Å². The fourth-order valence-corrected chi connectivity index (χ4v) is 2.23. The standard InChI is InChI=1S/C16H21N3O2/c1-6-17-16-10(2)15(18-11(3)19-16)13-9-12(20-4)7-8-14(13)21-5/h7-9H,6H2,1-5H3,(H,17,18,19). The normalized spacial score (nSPS) is 10.3. The molecule has 5 heteroatoms. The molecule has 0 bridgehead atoms. The van der Waals surface area contributed by atoms with Gasteiger partial charge in [0.15, 0.2) is 0 Å². The summed E-state index contributed by atoms with van der Waals surface area (Å²) in [6, 6.07) is 5.69. The minimum Gasteiger partial charge on any atom is -0.497 e. The molecule has 112 valence electrons. The first-order valence-corrected chi connectivity index (χ1v) is 6.92. The molecule has 1 N–H and O–H groups in total. The quantitative estimate of drug-likeness (QED) is 0.915. The van der Waals surface area contributed by atoms with E-state index in [9.17, 15) is 0 Å². The monoisotopic (exact) mass is 287 g/mol. The van der Waals surface area contributed by atoms with E-state index in [1.54, 1.807) is 14.2 Å². The number of hydrogen-bond donors (Lipinski definition) is 1. The smallest absolute Gasteiger partial charge is 0.133 e. The van der Waals surface area contributed by atoms with Gasteiger partial charge in [0.1, 0.15) is 23.1 Å². The van der Waals surface area contributed by atoms with Crippen molar-refractivity contribution in [3.63, 3.8) is 0 Å². The Hall–Kier alpha value is -2.30. The third-order valence-electron chi connectivity index (χ3n) is 3.26. The highest BCUT2D eigenvalue weighted by atomic mass is 16.5. The molecule has 2 aromatic rings. The van der Waals surface area contributed by atoms with Gasteiger partial charge in [0.25, 0.3) is 0 Å². The molecule has 5 nitrogen and oxygen atoms in total. The summed E-state index contributed by atoms with van der Waals surface area (Å²) in [7, 11) is 3.30. The minimum atomic E-state index is 0.719. The average Bonchev–Trinajstić information content (AvgIpc) is 2.50. The van der Waals surface area contributed by atoms with Crippen molar-refractivity contribution in [2.45, 2.75) is 20.8 Å². The van der Waals surface area contributed by atoms with Gasteiger partial charge in [-0.05, 0) is 39.0 Å². The highest BCUT2D eigenvalue weighted by Gasteiger charge is 2.15. The zero-order valence-electron chi connectivity index (χ0n) is 13.2. The van der Waals surface area contributed by atoms with E-state index in [4.69, 9.17) is 9.47 Å². The molecular formula is C16H21N3O2. The summed E-state index contributed by atoms with van der Waals surface area (Å²) in [6.45, 7) is 6.75. The van der Waals surface area contributed by atoms with Gasteiger partial charge in [-0.25, -0.2) is 9.97 Å². The van der Waals surface area contributed by atoms with E-state index in [1.165, 1.54) is 0 Å². The van der Waals surface area contributed by atoms with Crippen molar-refractivity contribution in [1.82, 2.24) is 9.97 Å². The molecule has 0 fully saturated rings. The number of ether oxygens (including phenoxy) is 2. The zero-order chi connectivity index (χ0) is 15.4. The van der Waals surface area contributed by atoms with Gasteiger partial charge in [-0.1, -0.05) is 0 Å². The number of nitrogens with one attached hydrogen (secondary N) is 1. The second kappa shape index (κ2) is 6.43. The van der Waals surface area contributed by atoms with Crippen molar-refractivity contribution in [3.05, 3.63) is 29.6 Å². The fraction of sp³-hybridized carbons (Fsp3) is 0.375. The van der Waals surface area contributed by atoms with Crippen LogP contribution in [0.2, 0.25) is 0 Å². The number of hydrogen-bond acceptors (Lipinski definition) is 5. The van der Waals surface area contributed by atoms with Gasteiger partial charge in [0.2, 0.25) is 0 Å². The number of rotatable bonds is 5. The molecule has 0 spiro atoms. The second-order valence-electron chi connectivity index (χ2n) is 4.69. The SMILES string of the molecule is CCNc1nc(C)nc(-c2cc(OC)ccc2OC)c1C. The number of aromatic nitrogens is 2. The van der Waals surface area contributed by atoms with E-state index < -0.39 is 0 Å². The molecule has 1 aromatic heterocycles. The molecule has 0 unspecified atom stereocenters. The highest BCUT2D eigenvalue weighted by molar-refractivity contribution is 5.74. The molecule has 0 saturated heterocycles. The molecule has 0 amide bonds.